The molecule has 0 saturated carbocycles. The Morgan fingerprint density at radius 1 is 1.28 bits per heavy atom. The number of halogens is 2. The minimum Gasteiger partial charge on any atom is -0.364 e. The van der Waals surface area contributed by atoms with Gasteiger partial charge in [0.15, 0.2) is 5.96 Å². The van der Waals surface area contributed by atoms with Gasteiger partial charge >= 0.3 is 0 Å². The molecule has 1 fully saturated rings. The van der Waals surface area contributed by atoms with Crippen molar-refractivity contribution in [3.05, 3.63) is 53.8 Å². The molecule has 3 aromatic rings. The molecule has 2 aromatic heterocycles. The van der Waals surface area contributed by atoms with Crippen molar-refractivity contribution >= 4 is 40.8 Å². The van der Waals surface area contributed by atoms with Gasteiger partial charge < -0.3 is 19.7 Å². The summed E-state index contributed by atoms with van der Waals surface area (Å²) < 4.78 is 18.2. The SMILES string of the molecule is CN=C(NCCc1c[nH]c2cc(F)ccc12)N1CCN(Cc2ccon2)CC1.I. The standard InChI is InChI=1S/C20H25FN6O.HI/c1-22-20(27-9-7-26(8-10-27)14-17-5-11-28-25-17)23-6-4-15-13-24-19-12-16(21)2-3-18(15)19;/h2-3,5,11-13,24H,4,6-10,14H2,1H3,(H,22,23);1H. The molecule has 1 aliphatic heterocycles. The van der Waals surface area contributed by atoms with E-state index >= 15 is 0 Å². The molecule has 2 N–H and O–H groups in total. The van der Waals surface area contributed by atoms with Crippen molar-refractivity contribution in [2.24, 2.45) is 4.99 Å². The number of nitrogens with one attached hydrogen (secondary N) is 2. The molecule has 7 nitrogen and oxygen atoms in total. The summed E-state index contributed by atoms with van der Waals surface area (Å²) >= 11 is 0. The lowest BCUT2D eigenvalue weighted by atomic mass is 10.1. The van der Waals surface area contributed by atoms with E-state index in [1.54, 1.807) is 6.26 Å². The average Bonchev–Trinajstić information content (AvgIpc) is 3.36. The highest BCUT2D eigenvalue weighted by Crippen LogP contribution is 2.19. The number of aromatic nitrogens is 2. The monoisotopic (exact) mass is 512 g/mol. The second-order valence-corrected chi connectivity index (χ2v) is 6.98. The summed E-state index contributed by atoms with van der Waals surface area (Å²) in [5.74, 6) is 0.703. The van der Waals surface area contributed by atoms with Crippen LogP contribution in [-0.2, 0) is 13.0 Å². The van der Waals surface area contributed by atoms with Crippen molar-refractivity contribution in [3.63, 3.8) is 0 Å². The quantitative estimate of drug-likeness (QED) is 0.313. The fourth-order valence-electron chi connectivity index (χ4n) is 3.67. The minimum absolute atomic E-state index is 0. The number of rotatable bonds is 5. The van der Waals surface area contributed by atoms with Crippen LogP contribution in [0.15, 0.2) is 46.2 Å². The van der Waals surface area contributed by atoms with Crippen molar-refractivity contribution in [2.75, 3.05) is 39.8 Å². The fourth-order valence-corrected chi connectivity index (χ4v) is 3.67. The lowest BCUT2D eigenvalue weighted by Crippen LogP contribution is -2.52. The number of piperazine rings is 1. The van der Waals surface area contributed by atoms with Gasteiger partial charge in [-0.3, -0.25) is 9.89 Å². The summed E-state index contributed by atoms with van der Waals surface area (Å²) in [6.07, 6.45) is 4.41. The van der Waals surface area contributed by atoms with Crippen molar-refractivity contribution < 1.29 is 8.91 Å². The predicted octanol–water partition coefficient (Wildman–Crippen LogP) is 2.85. The van der Waals surface area contributed by atoms with Crippen LogP contribution in [-0.4, -0.2) is 65.7 Å². The Kier molecular flexibility index (Phi) is 7.48. The summed E-state index contributed by atoms with van der Waals surface area (Å²) in [7, 11) is 1.82. The molecule has 9 heteroatoms. The number of fused-ring (bicyclic) bond motifs is 1. The van der Waals surface area contributed by atoms with Gasteiger partial charge in [0.05, 0.1) is 5.69 Å². The van der Waals surface area contributed by atoms with Crippen molar-refractivity contribution in [1.29, 1.82) is 0 Å². The van der Waals surface area contributed by atoms with Crippen LogP contribution >= 0.6 is 24.0 Å². The van der Waals surface area contributed by atoms with Crippen LogP contribution in [0, 0.1) is 5.82 Å². The molecule has 0 amide bonds. The van der Waals surface area contributed by atoms with Gasteiger partial charge in [0.25, 0.3) is 0 Å². The number of hydrogen-bond acceptors (Lipinski definition) is 4. The van der Waals surface area contributed by atoms with E-state index in [-0.39, 0.29) is 29.8 Å². The van der Waals surface area contributed by atoms with E-state index < -0.39 is 0 Å². The van der Waals surface area contributed by atoms with E-state index in [0.29, 0.717) is 0 Å². The summed E-state index contributed by atoms with van der Waals surface area (Å²) in [6.45, 7) is 5.35. The molecule has 29 heavy (non-hydrogen) atoms. The average molecular weight is 512 g/mol. The van der Waals surface area contributed by atoms with Gasteiger partial charge in [-0.2, -0.15) is 0 Å². The van der Waals surface area contributed by atoms with Gasteiger partial charge in [0.1, 0.15) is 12.1 Å². The fraction of sp³-hybridized carbons (Fsp3) is 0.400. The maximum atomic E-state index is 13.3. The molecule has 1 saturated heterocycles. The van der Waals surface area contributed by atoms with Crippen molar-refractivity contribution in [3.8, 4) is 0 Å². The lowest BCUT2D eigenvalue weighted by molar-refractivity contribution is 0.169. The van der Waals surface area contributed by atoms with Crippen LogP contribution < -0.4 is 5.32 Å². The maximum Gasteiger partial charge on any atom is 0.193 e. The first-order chi connectivity index (χ1) is 13.7. The molecule has 156 valence electrons. The molecule has 4 rings (SSSR count). The number of nitrogens with zero attached hydrogens (tertiary/aromatic N) is 4. The largest absolute Gasteiger partial charge is 0.364 e. The first-order valence-electron chi connectivity index (χ1n) is 9.55. The molecule has 1 aliphatic rings. The van der Waals surface area contributed by atoms with Gasteiger partial charge in [-0.15, -0.1) is 24.0 Å². The number of H-pyrrole nitrogens is 1. The third kappa shape index (κ3) is 5.27. The highest BCUT2D eigenvalue weighted by molar-refractivity contribution is 14.0. The van der Waals surface area contributed by atoms with Crippen LogP contribution in [0.1, 0.15) is 11.3 Å². The number of benzene rings is 1. The van der Waals surface area contributed by atoms with Crippen LogP contribution in [0.25, 0.3) is 10.9 Å². The topological polar surface area (TPSA) is 72.7 Å². The smallest absolute Gasteiger partial charge is 0.193 e. The lowest BCUT2D eigenvalue weighted by Gasteiger charge is -2.36. The summed E-state index contributed by atoms with van der Waals surface area (Å²) in [6, 6.07) is 6.78. The first kappa shape index (κ1) is 21.6. The second-order valence-electron chi connectivity index (χ2n) is 6.98. The second kappa shape index (κ2) is 10.1. The van der Waals surface area contributed by atoms with Gasteiger partial charge in [-0.05, 0) is 30.2 Å². The van der Waals surface area contributed by atoms with Crippen LogP contribution in [0.3, 0.4) is 0 Å². The molecule has 1 aromatic carbocycles. The van der Waals surface area contributed by atoms with Gasteiger partial charge in [-0.1, -0.05) is 5.16 Å². The van der Waals surface area contributed by atoms with Gasteiger partial charge in [-0.25, -0.2) is 4.39 Å². The molecule has 0 bridgehead atoms. The molecule has 0 spiro atoms. The Morgan fingerprint density at radius 3 is 2.83 bits per heavy atom. The van der Waals surface area contributed by atoms with E-state index in [4.69, 9.17) is 4.52 Å². The molecule has 0 unspecified atom stereocenters. The number of aliphatic imine (C=N–C) groups is 1. The minimum atomic E-state index is -0.220. The number of guanidine groups is 1. The predicted molar refractivity (Wildman–Crippen MR) is 122 cm³/mol. The Balaban J connectivity index is 0.00000240. The number of aromatic amines is 1. The van der Waals surface area contributed by atoms with E-state index in [1.165, 1.54) is 17.7 Å². The molecule has 0 aliphatic carbocycles. The Labute approximate surface area is 186 Å². The van der Waals surface area contributed by atoms with Crippen molar-refractivity contribution in [1.82, 2.24) is 25.3 Å². The van der Waals surface area contributed by atoms with Crippen LogP contribution in [0.5, 0.6) is 0 Å². The Morgan fingerprint density at radius 2 is 2.10 bits per heavy atom. The highest BCUT2D eigenvalue weighted by atomic mass is 127. The van der Waals surface area contributed by atoms with Crippen LogP contribution in [0.4, 0.5) is 4.39 Å². The van der Waals surface area contributed by atoms with E-state index in [2.05, 4.69) is 30.2 Å². The summed E-state index contributed by atoms with van der Waals surface area (Å²) in [4.78, 5) is 12.2. The summed E-state index contributed by atoms with van der Waals surface area (Å²) in [5, 5.41) is 8.51. The zero-order valence-electron chi connectivity index (χ0n) is 16.4. The summed E-state index contributed by atoms with van der Waals surface area (Å²) in [5.41, 5.74) is 2.98. The normalized spacial score (nSPS) is 15.5. The van der Waals surface area contributed by atoms with Gasteiger partial charge in [0.2, 0.25) is 0 Å². The zero-order chi connectivity index (χ0) is 19.3. The third-order valence-electron chi connectivity index (χ3n) is 5.17. The van der Waals surface area contributed by atoms with E-state index in [1.807, 2.05) is 25.4 Å². The first-order valence-corrected chi connectivity index (χ1v) is 9.55. The molecule has 3 heterocycles. The number of hydrogen-bond donors (Lipinski definition) is 2. The third-order valence-corrected chi connectivity index (χ3v) is 5.17. The molecule has 0 radical (unpaired) electrons. The van der Waals surface area contributed by atoms with Gasteiger partial charge in [0, 0.05) is 69.5 Å². The van der Waals surface area contributed by atoms with Crippen LogP contribution in [0.2, 0.25) is 0 Å². The van der Waals surface area contributed by atoms with Crippen molar-refractivity contribution in [2.45, 2.75) is 13.0 Å². The zero-order valence-corrected chi connectivity index (χ0v) is 18.7. The van der Waals surface area contributed by atoms with E-state index in [9.17, 15) is 4.39 Å². The molecular weight excluding hydrogens is 486 g/mol. The maximum absolute atomic E-state index is 13.3. The molecule has 0 atom stereocenters. The van der Waals surface area contributed by atoms with E-state index in [0.717, 1.165) is 68.2 Å². The Hall–Kier alpha value is -2.14. The molecular formula is C20H26FIN6O. The highest BCUT2D eigenvalue weighted by Gasteiger charge is 2.20. The Bertz CT molecular complexity index is 934.